The summed E-state index contributed by atoms with van der Waals surface area (Å²) in [6.07, 6.45) is 0. The van der Waals surface area contributed by atoms with Crippen LogP contribution in [0.1, 0.15) is 72.0 Å². The number of esters is 1. The third-order valence-corrected chi connectivity index (χ3v) is 4.78. The Kier molecular flexibility index (Phi) is 7.80. The molecule has 2 N–H and O–H groups in total. The van der Waals surface area contributed by atoms with Crippen LogP contribution < -0.4 is 10.2 Å². The number of aromatic amines is 1. The van der Waals surface area contributed by atoms with Gasteiger partial charge in [-0.05, 0) is 63.3 Å². The van der Waals surface area contributed by atoms with Gasteiger partial charge in [-0.25, -0.2) is 10.2 Å². The number of aryl methyl sites for hydroxylation is 2. The van der Waals surface area contributed by atoms with Crippen molar-refractivity contribution >= 4 is 17.6 Å². The Morgan fingerprint density at radius 2 is 1.90 bits per heavy atom. The first-order valence-electron chi connectivity index (χ1n) is 10.1. The largest absolute Gasteiger partial charge is 0.483 e. The normalized spacial score (nSPS) is 11.5. The number of aromatic nitrogens is 1. The topological polar surface area (TPSA) is 92.8 Å². The van der Waals surface area contributed by atoms with E-state index in [0.29, 0.717) is 35.0 Å². The number of H-pyrrole nitrogens is 1. The van der Waals surface area contributed by atoms with Gasteiger partial charge in [-0.15, -0.1) is 0 Å². The summed E-state index contributed by atoms with van der Waals surface area (Å²) in [5.74, 6) is 0.254. The molecule has 2 rings (SSSR count). The zero-order valence-electron chi connectivity index (χ0n) is 18.8. The van der Waals surface area contributed by atoms with Crippen LogP contribution in [-0.4, -0.2) is 35.8 Å². The number of carbonyl (C=O) groups excluding carboxylic acids is 2. The monoisotopic (exact) mass is 413 g/mol. The Morgan fingerprint density at radius 3 is 2.53 bits per heavy atom. The number of amides is 1. The SMILES string of the molecule is CCOC(=O)c1c(C)[nH]c(C(C)=NNC(=O)COc2cc(C)ccc2C(C)C)c1C. The number of hydrogen-bond donors (Lipinski definition) is 2. The predicted octanol–water partition coefficient (Wildman–Crippen LogP) is 4.16. The zero-order valence-corrected chi connectivity index (χ0v) is 18.8. The highest BCUT2D eigenvalue weighted by Crippen LogP contribution is 2.27. The van der Waals surface area contributed by atoms with E-state index < -0.39 is 0 Å². The first kappa shape index (κ1) is 23.2. The van der Waals surface area contributed by atoms with Crippen molar-refractivity contribution < 1.29 is 19.1 Å². The molecule has 162 valence electrons. The molecular weight excluding hydrogens is 382 g/mol. The van der Waals surface area contributed by atoms with Gasteiger partial charge in [-0.3, -0.25) is 4.79 Å². The molecule has 1 heterocycles. The van der Waals surface area contributed by atoms with Crippen LogP contribution in [0.3, 0.4) is 0 Å². The molecule has 0 aliphatic heterocycles. The molecule has 0 spiro atoms. The summed E-state index contributed by atoms with van der Waals surface area (Å²) in [7, 11) is 0. The van der Waals surface area contributed by atoms with E-state index in [1.54, 1.807) is 20.8 Å². The minimum absolute atomic E-state index is 0.142. The summed E-state index contributed by atoms with van der Waals surface area (Å²) in [5, 5.41) is 4.16. The molecule has 1 aromatic heterocycles. The van der Waals surface area contributed by atoms with Gasteiger partial charge in [0, 0.05) is 5.69 Å². The Hall–Kier alpha value is -3.09. The highest BCUT2D eigenvalue weighted by molar-refractivity contribution is 6.03. The number of carbonyl (C=O) groups is 2. The van der Waals surface area contributed by atoms with E-state index >= 15 is 0 Å². The Bertz CT molecular complexity index is 958. The maximum atomic E-state index is 12.2. The number of hydrogen-bond acceptors (Lipinski definition) is 5. The molecule has 0 aliphatic carbocycles. The van der Waals surface area contributed by atoms with Gasteiger partial charge in [-0.1, -0.05) is 26.0 Å². The molecule has 0 unspecified atom stereocenters. The summed E-state index contributed by atoms with van der Waals surface area (Å²) in [5.41, 5.74) is 7.80. The van der Waals surface area contributed by atoms with Gasteiger partial charge in [0.2, 0.25) is 0 Å². The van der Waals surface area contributed by atoms with Crippen LogP contribution in [0.5, 0.6) is 5.75 Å². The first-order valence-corrected chi connectivity index (χ1v) is 10.1. The molecule has 0 atom stereocenters. The van der Waals surface area contributed by atoms with Gasteiger partial charge < -0.3 is 14.5 Å². The Labute approximate surface area is 177 Å². The summed E-state index contributed by atoms with van der Waals surface area (Å²) < 4.78 is 10.8. The maximum absolute atomic E-state index is 12.2. The number of nitrogens with zero attached hydrogens (tertiary/aromatic N) is 1. The molecule has 1 aromatic carbocycles. The van der Waals surface area contributed by atoms with Crippen molar-refractivity contribution in [3.05, 3.63) is 51.8 Å². The second-order valence-corrected chi connectivity index (χ2v) is 7.56. The molecule has 2 aromatic rings. The zero-order chi connectivity index (χ0) is 22.4. The lowest BCUT2D eigenvalue weighted by Gasteiger charge is -2.14. The van der Waals surface area contributed by atoms with Crippen LogP contribution in [0.4, 0.5) is 0 Å². The number of nitrogens with one attached hydrogen (secondary N) is 2. The second-order valence-electron chi connectivity index (χ2n) is 7.56. The van der Waals surface area contributed by atoms with E-state index in [1.165, 1.54) is 0 Å². The van der Waals surface area contributed by atoms with E-state index in [2.05, 4.69) is 29.4 Å². The molecule has 7 nitrogen and oxygen atoms in total. The number of ether oxygens (including phenoxy) is 2. The molecular formula is C23H31N3O4. The van der Waals surface area contributed by atoms with Gasteiger partial charge in [0.15, 0.2) is 6.61 Å². The fourth-order valence-corrected chi connectivity index (χ4v) is 3.24. The van der Waals surface area contributed by atoms with Crippen molar-refractivity contribution in [2.24, 2.45) is 5.10 Å². The van der Waals surface area contributed by atoms with Crippen LogP contribution in [0.25, 0.3) is 0 Å². The average Bonchev–Trinajstić information content (AvgIpc) is 2.98. The van der Waals surface area contributed by atoms with Crippen LogP contribution in [-0.2, 0) is 9.53 Å². The van der Waals surface area contributed by atoms with Gasteiger partial charge in [0.1, 0.15) is 5.75 Å². The minimum Gasteiger partial charge on any atom is -0.483 e. The molecule has 1 amide bonds. The van der Waals surface area contributed by atoms with Crippen LogP contribution in [0, 0.1) is 20.8 Å². The van der Waals surface area contributed by atoms with Gasteiger partial charge in [-0.2, -0.15) is 5.10 Å². The van der Waals surface area contributed by atoms with E-state index in [4.69, 9.17) is 9.47 Å². The lowest BCUT2D eigenvalue weighted by Crippen LogP contribution is -2.26. The smallest absolute Gasteiger partial charge is 0.340 e. The Balaban J connectivity index is 2.06. The van der Waals surface area contributed by atoms with Crippen LogP contribution in [0.2, 0.25) is 0 Å². The van der Waals surface area contributed by atoms with E-state index in [-0.39, 0.29) is 24.4 Å². The predicted molar refractivity (Wildman–Crippen MR) is 117 cm³/mol. The molecule has 0 radical (unpaired) electrons. The van der Waals surface area contributed by atoms with Crippen molar-refractivity contribution in [3.8, 4) is 5.75 Å². The number of hydrazone groups is 1. The first-order chi connectivity index (χ1) is 14.1. The van der Waals surface area contributed by atoms with Crippen molar-refractivity contribution in [1.82, 2.24) is 10.4 Å². The molecule has 7 heteroatoms. The van der Waals surface area contributed by atoms with Gasteiger partial charge in [0.05, 0.1) is 23.6 Å². The van der Waals surface area contributed by atoms with Gasteiger partial charge >= 0.3 is 5.97 Å². The molecule has 0 aliphatic rings. The molecule has 30 heavy (non-hydrogen) atoms. The molecule has 0 saturated carbocycles. The van der Waals surface area contributed by atoms with Crippen LogP contribution in [0.15, 0.2) is 23.3 Å². The second kappa shape index (κ2) is 10.1. The summed E-state index contributed by atoms with van der Waals surface area (Å²) in [6.45, 7) is 13.4. The highest BCUT2D eigenvalue weighted by atomic mass is 16.5. The van der Waals surface area contributed by atoms with E-state index in [9.17, 15) is 9.59 Å². The average molecular weight is 414 g/mol. The summed E-state index contributed by atoms with van der Waals surface area (Å²) >= 11 is 0. The van der Waals surface area contributed by atoms with Crippen molar-refractivity contribution in [3.63, 3.8) is 0 Å². The maximum Gasteiger partial charge on any atom is 0.340 e. The fourth-order valence-electron chi connectivity index (χ4n) is 3.24. The standard InChI is InChI=1S/C23H31N3O4/c1-8-29-23(28)21-15(5)22(24-16(21)6)17(7)25-26-20(27)12-30-19-11-14(4)9-10-18(19)13(2)3/h9-11,13,24H,8,12H2,1-7H3,(H,26,27). The summed E-state index contributed by atoms with van der Waals surface area (Å²) in [6, 6.07) is 5.98. The van der Waals surface area contributed by atoms with Crippen molar-refractivity contribution in [2.75, 3.05) is 13.2 Å². The van der Waals surface area contributed by atoms with Gasteiger partial charge in [0.25, 0.3) is 5.91 Å². The Morgan fingerprint density at radius 1 is 1.20 bits per heavy atom. The fraction of sp³-hybridized carbons (Fsp3) is 0.435. The van der Waals surface area contributed by atoms with Crippen molar-refractivity contribution in [1.29, 1.82) is 0 Å². The molecule has 0 fully saturated rings. The van der Waals surface area contributed by atoms with Crippen LogP contribution >= 0.6 is 0 Å². The third-order valence-electron chi connectivity index (χ3n) is 4.78. The lowest BCUT2D eigenvalue weighted by molar-refractivity contribution is -0.123. The highest BCUT2D eigenvalue weighted by Gasteiger charge is 2.20. The summed E-state index contributed by atoms with van der Waals surface area (Å²) in [4.78, 5) is 27.5. The minimum atomic E-state index is -0.376. The number of benzene rings is 1. The quantitative estimate of drug-likeness (QED) is 0.386. The number of rotatable bonds is 8. The lowest BCUT2D eigenvalue weighted by atomic mass is 10.0. The van der Waals surface area contributed by atoms with E-state index in [0.717, 1.165) is 16.7 Å². The van der Waals surface area contributed by atoms with Crippen molar-refractivity contribution in [2.45, 2.75) is 54.4 Å². The van der Waals surface area contributed by atoms with E-state index in [1.807, 2.05) is 32.0 Å². The molecule has 0 bridgehead atoms. The third kappa shape index (κ3) is 5.49. The molecule has 0 saturated heterocycles.